The van der Waals surface area contributed by atoms with Gasteiger partial charge in [-0.05, 0) is 19.1 Å². The molecule has 1 heterocycles. The Morgan fingerprint density at radius 2 is 2.06 bits per heavy atom. The van der Waals surface area contributed by atoms with Gasteiger partial charge in [-0.1, -0.05) is 12.1 Å². The van der Waals surface area contributed by atoms with Gasteiger partial charge in [0.2, 0.25) is 0 Å². The first-order chi connectivity index (χ1) is 8.50. The molecule has 1 aromatic heterocycles. The zero-order chi connectivity index (χ0) is 13.3. The Bertz CT molecular complexity index is 592. The van der Waals surface area contributed by atoms with E-state index in [4.69, 9.17) is 0 Å². The van der Waals surface area contributed by atoms with Crippen LogP contribution in [0.25, 0.3) is 0 Å². The third-order valence-corrected chi connectivity index (χ3v) is 2.73. The van der Waals surface area contributed by atoms with Gasteiger partial charge in [0.15, 0.2) is 0 Å². The van der Waals surface area contributed by atoms with E-state index in [9.17, 15) is 9.18 Å². The highest BCUT2D eigenvalue weighted by atomic mass is 19.1. The first-order valence-corrected chi connectivity index (χ1v) is 5.54. The molecule has 18 heavy (non-hydrogen) atoms. The lowest BCUT2D eigenvalue weighted by atomic mass is 10.2. The van der Waals surface area contributed by atoms with E-state index in [-0.39, 0.29) is 5.56 Å². The number of aromatic nitrogens is 2. The summed E-state index contributed by atoms with van der Waals surface area (Å²) in [5, 5.41) is 4.16. The van der Waals surface area contributed by atoms with Crippen LogP contribution >= 0.6 is 0 Å². The van der Waals surface area contributed by atoms with E-state index in [1.807, 2.05) is 6.92 Å². The van der Waals surface area contributed by atoms with Crippen LogP contribution in [0.4, 0.5) is 10.2 Å². The number of nitrogens with zero attached hydrogens (tertiary/aromatic N) is 3. The van der Waals surface area contributed by atoms with Crippen molar-refractivity contribution in [2.75, 3.05) is 11.9 Å². The Hall–Kier alpha value is -2.17. The van der Waals surface area contributed by atoms with Crippen LogP contribution in [0.3, 0.4) is 0 Å². The van der Waals surface area contributed by atoms with Gasteiger partial charge in [0.05, 0.1) is 11.3 Å². The van der Waals surface area contributed by atoms with Crippen LogP contribution in [0.2, 0.25) is 0 Å². The normalized spacial score (nSPS) is 10.4. The maximum absolute atomic E-state index is 13.6. The molecule has 0 spiro atoms. The molecule has 1 amide bonds. The molecule has 1 aromatic carbocycles. The van der Waals surface area contributed by atoms with Crippen LogP contribution in [0.15, 0.2) is 30.3 Å². The lowest BCUT2D eigenvalue weighted by Crippen LogP contribution is -2.28. The lowest BCUT2D eigenvalue weighted by molar-refractivity contribution is 0.0987. The number of aryl methyl sites for hydroxylation is 2. The van der Waals surface area contributed by atoms with Gasteiger partial charge in [-0.25, -0.2) is 4.39 Å². The van der Waals surface area contributed by atoms with E-state index in [0.717, 1.165) is 5.69 Å². The number of amides is 1. The van der Waals surface area contributed by atoms with Crippen molar-refractivity contribution < 1.29 is 9.18 Å². The van der Waals surface area contributed by atoms with E-state index in [1.165, 1.54) is 17.0 Å². The Labute approximate surface area is 105 Å². The van der Waals surface area contributed by atoms with Crippen molar-refractivity contribution in [2.45, 2.75) is 6.92 Å². The maximum Gasteiger partial charge on any atom is 0.262 e. The summed E-state index contributed by atoms with van der Waals surface area (Å²) in [6, 6.07) is 7.71. The first-order valence-electron chi connectivity index (χ1n) is 5.54. The van der Waals surface area contributed by atoms with Crippen molar-refractivity contribution in [3.8, 4) is 0 Å². The van der Waals surface area contributed by atoms with Crippen molar-refractivity contribution in [3.63, 3.8) is 0 Å². The second kappa shape index (κ2) is 4.60. The molecule has 0 unspecified atom stereocenters. The van der Waals surface area contributed by atoms with Crippen molar-refractivity contribution in [2.24, 2.45) is 7.05 Å². The molecule has 2 rings (SSSR count). The fourth-order valence-corrected chi connectivity index (χ4v) is 1.83. The van der Waals surface area contributed by atoms with E-state index < -0.39 is 11.7 Å². The van der Waals surface area contributed by atoms with Crippen LogP contribution in [0.5, 0.6) is 0 Å². The van der Waals surface area contributed by atoms with E-state index >= 15 is 0 Å². The van der Waals surface area contributed by atoms with Crippen molar-refractivity contribution in [1.29, 1.82) is 0 Å². The molecule has 0 aliphatic carbocycles. The number of carbonyl (C=O) groups is 1. The van der Waals surface area contributed by atoms with E-state index in [0.29, 0.717) is 5.82 Å². The minimum absolute atomic E-state index is 0.0545. The van der Waals surface area contributed by atoms with Gasteiger partial charge >= 0.3 is 0 Å². The van der Waals surface area contributed by atoms with Gasteiger partial charge < -0.3 is 0 Å². The summed E-state index contributed by atoms with van der Waals surface area (Å²) >= 11 is 0. The molecule has 0 bridgehead atoms. The molecule has 4 nitrogen and oxygen atoms in total. The van der Waals surface area contributed by atoms with Gasteiger partial charge in [-0.3, -0.25) is 14.4 Å². The van der Waals surface area contributed by atoms with Gasteiger partial charge in [0.25, 0.3) is 5.91 Å². The fourth-order valence-electron chi connectivity index (χ4n) is 1.83. The zero-order valence-electron chi connectivity index (χ0n) is 10.5. The minimum atomic E-state index is -0.520. The molecule has 0 aliphatic heterocycles. The van der Waals surface area contributed by atoms with Crippen LogP contribution in [-0.4, -0.2) is 22.7 Å². The highest BCUT2D eigenvalue weighted by Gasteiger charge is 2.19. The summed E-state index contributed by atoms with van der Waals surface area (Å²) in [5.41, 5.74) is 0.861. The van der Waals surface area contributed by atoms with Crippen LogP contribution in [-0.2, 0) is 7.05 Å². The standard InChI is InChI=1S/C13H14FN3O/c1-9-8-12(17(3)15-9)16(2)13(18)10-6-4-5-7-11(10)14/h4-8H,1-3H3. The van der Waals surface area contributed by atoms with E-state index in [1.54, 1.807) is 37.0 Å². The van der Waals surface area contributed by atoms with Crippen LogP contribution in [0, 0.1) is 12.7 Å². The monoisotopic (exact) mass is 247 g/mol. The summed E-state index contributed by atoms with van der Waals surface area (Å²) in [6.07, 6.45) is 0. The number of anilines is 1. The Kier molecular flexibility index (Phi) is 3.14. The molecule has 0 fully saturated rings. The third-order valence-electron chi connectivity index (χ3n) is 2.73. The molecule has 0 radical (unpaired) electrons. The highest BCUT2D eigenvalue weighted by Crippen LogP contribution is 2.17. The summed E-state index contributed by atoms with van der Waals surface area (Å²) in [6.45, 7) is 1.84. The molecule has 0 N–H and O–H groups in total. The van der Waals surface area contributed by atoms with Gasteiger partial charge in [0.1, 0.15) is 11.6 Å². The van der Waals surface area contributed by atoms with Crippen molar-refractivity contribution in [3.05, 3.63) is 47.4 Å². The molecule has 94 valence electrons. The fraction of sp³-hybridized carbons (Fsp3) is 0.231. The summed E-state index contributed by atoms with van der Waals surface area (Å²) in [4.78, 5) is 13.6. The molecular formula is C13H14FN3O. The smallest absolute Gasteiger partial charge is 0.262 e. The number of hydrogen-bond donors (Lipinski definition) is 0. The lowest BCUT2D eigenvalue weighted by Gasteiger charge is -2.17. The molecule has 2 aromatic rings. The molecule has 0 saturated carbocycles. The third kappa shape index (κ3) is 2.11. The molecule has 5 heteroatoms. The van der Waals surface area contributed by atoms with Crippen LogP contribution < -0.4 is 4.90 Å². The second-order valence-electron chi connectivity index (χ2n) is 4.11. The largest absolute Gasteiger partial charge is 0.296 e. The van der Waals surface area contributed by atoms with Crippen molar-refractivity contribution in [1.82, 2.24) is 9.78 Å². The van der Waals surface area contributed by atoms with Crippen molar-refractivity contribution >= 4 is 11.7 Å². The second-order valence-corrected chi connectivity index (χ2v) is 4.11. The van der Waals surface area contributed by atoms with Gasteiger partial charge in [0, 0.05) is 20.2 Å². The Morgan fingerprint density at radius 3 is 2.61 bits per heavy atom. The summed E-state index contributed by atoms with van der Waals surface area (Å²) in [7, 11) is 3.35. The number of benzene rings is 1. The zero-order valence-corrected chi connectivity index (χ0v) is 10.5. The summed E-state index contributed by atoms with van der Waals surface area (Å²) < 4.78 is 15.1. The Morgan fingerprint density at radius 1 is 1.39 bits per heavy atom. The quantitative estimate of drug-likeness (QED) is 0.815. The number of halogens is 1. The SMILES string of the molecule is Cc1cc(N(C)C(=O)c2ccccc2F)n(C)n1. The number of carbonyl (C=O) groups excluding carboxylic acids is 1. The number of hydrogen-bond acceptors (Lipinski definition) is 2. The first kappa shape index (κ1) is 12.3. The molecule has 0 atom stereocenters. The van der Waals surface area contributed by atoms with Gasteiger partial charge in [-0.2, -0.15) is 5.10 Å². The predicted molar refractivity (Wildman–Crippen MR) is 67.1 cm³/mol. The van der Waals surface area contributed by atoms with E-state index in [2.05, 4.69) is 5.10 Å². The topological polar surface area (TPSA) is 38.1 Å². The maximum atomic E-state index is 13.6. The average Bonchev–Trinajstić information content (AvgIpc) is 2.67. The Balaban J connectivity index is 2.35. The minimum Gasteiger partial charge on any atom is -0.296 e. The highest BCUT2D eigenvalue weighted by molar-refractivity contribution is 6.05. The number of rotatable bonds is 2. The molecule has 0 saturated heterocycles. The van der Waals surface area contributed by atoms with Crippen LogP contribution in [0.1, 0.15) is 16.1 Å². The molecule has 0 aliphatic rings. The summed E-state index contributed by atoms with van der Waals surface area (Å²) in [5.74, 6) is -0.287. The average molecular weight is 247 g/mol. The van der Waals surface area contributed by atoms with Gasteiger partial charge in [-0.15, -0.1) is 0 Å². The molecular weight excluding hydrogens is 233 g/mol. The predicted octanol–water partition coefficient (Wildman–Crippen LogP) is 2.14.